The summed E-state index contributed by atoms with van der Waals surface area (Å²) in [5.41, 5.74) is 13.7. The van der Waals surface area contributed by atoms with E-state index in [0.717, 1.165) is 83.5 Å². The van der Waals surface area contributed by atoms with E-state index in [1.54, 1.807) is 0 Å². The van der Waals surface area contributed by atoms with Gasteiger partial charge in [0, 0.05) is 27.8 Å². The highest BCUT2D eigenvalue weighted by Crippen LogP contribution is 2.63. The second kappa shape index (κ2) is 14.1. The molecule has 1 aliphatic carbocycles. The van der Waals surface area contributed by atoms with Crippen LogP contribution in [0.3, 0.4) is 0 Å². The van der Waals surface area contributed by atoms with Crippen molar-refractivity contribution in [3.8, 4) is 85.1 Å². The summed E-state index contributed by atoms with van der Waals surface area (Å²) in [5.74, 6) is 3.45. The van der Waals surface area contributed by atoms with Crippen molar-refractivity contribution in [1.82, 2.24) is 15.0 Å². The summed E-state index contributed by atoms with van der Waals surface area (Å²) in [5, 5.41) is 11.8. The molecule has 0 saturated heterocycles. The zero-order valence-corrected chi connectivity index (χ0v) is 33.3. The first kappa shape index (κ1) is 35.5. The lowest BCUT2D eigenvalue weighted by Crippen LogP contribution is -2.32. The number of aromatic nitrogens is 3. The molecular formula is C57H34N4O. The van der Waals surface area contributed by atoms with Crippen LogP contribution in [0.5, 0.6) is 11.5 Å². The number of hydrogen-bond donors (Lipinski definition) is 0. The Morgan fingerprint density at radius 3 is 1.50 bits per heavy atom. The Morgan fingerprint density at radius 1 is 0.355 bits per heavy atom. The zero-order valence-electron chi connectivity index (χ0n) is 33.3. The lowest BCUT2D eigenvalue weighted by molar-refractivity contribution is 0.436. The quantitative estimate of drug-likeness (QED) is 0.174. The molecule has 288 valence electrons. The van der Waals surface area contributed by atoms with Crippen LogP contribution < -0.4 is 4.74 Å². The Balaban J connectivity index is 1.21. The molecule has 1 aliphatic heterocycles. The standard InChI is InChI=1S/C57H34N4O/c58-35-36-27-29-37(30-28-36)40-31-32-43(42-20-8-7-19-41(40)42)45-33-46-44-21-9-10-22-48(44)57(49-23-11-13-25-52(49)62-53-26-14-12-24-50(53)57)51(46)34-47(45)56-60-54(38-15-3-1-4-16-38)59-55(61-56)39-17-5-2-6-18-39/h1-34H. The molecule has 0 amide bonds. The van der Waals surface area contributed by atoms with Gasteiger partial charge in [0.1, 0.15) is 11.5 Å². The van der Waals surface area contributed by atoms with Crippen molar-refractivity contribution >= 4 is 10.8 Å². The third-order valence-electron chi connectivity index (χ3n) is 12.5. The van der Waals surface area contributed by atoms with E-state index in [2.05, 4.69) is 140 Å². The fraction of sp³-hybridized carbons (Fsp3) is 0.0175. The van der Waals surface area contributed by atoms with Gasteiger partial charge in [0.2, 0.25) is 0 Å². The van der Waals surface area contributed by atoms with Crippen molar-refractivity contribution in [3.05, 3.63) is 234 Å². The highest BCUT2D eigenvalue weighted by molar-refractivity contribution is 6.08. The van der Waals surface area contributed by atoms with Gasteiger partial charge in [-0.15, -0.1) is 0 Å². The Bertz CT molecular complexity index is 3340. The van der Waals surface area contributed by atoms with E-state index in [-0.39, 0.29) is 0 Å². The fourth-order valence-corrected chi connectivity index (χ4v) is 9.74. The summed E-state index contributed by atoms with van der Waals surface area (Å²) in [6, 6.07) is 73.8. The summed E-state index contributed by atoms with van der Waals surface area (Å²) in [6.07, 6.45) is 0. The van der Waals surface area contributed by atoms with Gasteiger partial charge in [-0.3, -0.25) is 0 Å². The van der Waals surface area contributed by atoms with Crippen LogP contribution in [-0.2, 0) is 5.41 Å². The largest absolute Gasteiger partial charge is 0.457 e. The molecule has 5 nitrogen and oxygen atoms in total. The second-order valence-corrected chi connectivity index (χ2v) is 15.8. The number of fused-ring (bicyclic) bond motifs is 10. The number of ether oxygens (including phenoxy) is 1. The van der Waals surface area contributed by atoms with Gasteiger partial charge in [0.05, 0.1) is 17.0 Å². The molecule has 1 spiro atoms. The topological polar surface area (TPSA) is 71.7 Å². The van der Waals surface area contributed by atoms with Crippen LogP contribution in [0.2, 0.25) is 0 Å². The minimum Gasteiger partial charge on any atom is -0.457 e. The molecule has 0 radical (unpaired) electrons. The van der Waals surface area contributed by atoms with E-state index in [1.165, 1.54) is 11.1 Å². The molecule has 62 heavy (non-hydrogen) atoms. The van der Waals surface area contributed by atoms with E-state index >= 15 is 0 Å². The van der Waals surface area contributed by atoms with Gasteiger partial charge in [-0.25, -0.2) is 15.0 Å². The first-order valence-electron chi connectivity index (χ1n) is 20.7. The van der Waals surface area contributed by atoms with E-state index in [1.807, 2.05) is 72.8 Å². The number of hydrogen-bond acceptors (Lipinski definition) is 5. The monoisotopic (exact) mass is 790 g/mol. The molecular weight excluding hydrogens is 757 g/mol. The van der Waals surface area contributed by atoms with Gasteiger partial charge in [-0.1, -0.05) is 170 Å². The average molecular weight is 791 g/mol. The molecule has 0 N–H and O–H groups in total. The first-order valence-corrected chi connectivity index (χ1v) is 20.7. The molecule has 2 heterocycles. The van der Waals surface area contributed by atoms with Crippen LogP contribution in [0.25, 0.3) is 78.3 Å². The number of benzene rings is 9. The molecule has 0 fully saturated rings. The maximum absolute atomic E-state index is 9.55. The van der Waals surface area contributed by atoms with Crippen LogP contribution in [0.15, 0.2) is 206 Å². The maximum Gasteiger partial charge on any atom is 0.164 e. The number of nitriles is 1. The van der Waals surface area contributed by atoms with Crippen molar-refractivity contribution in [3.63, 3.8) is 0 Å². The Labute approximate surface area is 358 Å². The predicted octanol–water partition coefficient (Wildman–Crippen LogP) is 13.7. The second-order valence-electron chi connectivity index (χ2n) is 15.8. The van der Waals surface area contributed by atoms with Crippen molar-refractivity contribution in [2.45, 2.75) is 5.41 Å². The molecule has 5 heteroatoms. The zero-order chi connectivity index (χ0) is 41.2. The Morgan fingerprint density at radius 2 is 0.871 bits per heavy atom. The summed E-state index contributed by atoms with van der Waals surface area (Å²) >= 11 is 0. The van der Waals surface area contributed by atoms with Gasteiger partial charge in [-0.05, 0) is 91.7 Å². The normalized spacial score (nSPS) is 12.8. The average Bonchev–Trinajstić information content (AvgIpc) is 3.63. The van der Waals surface area contributed by atoms with Crippen molar-refractivity contribution in [2.75, 3.05) is 0 Å². The van der Waals surface area contributed by atoms with Gasteiger partial charge in [-0.2, -0.15) is 5.26 Å². The highest BCUT2D eigenvalue weighted by atomic mass is 16.5. The minimum absolute atomic E-state index is 0.579. The summed E-state index contributed by atoms with van der Waals surface area (Å²) < 4.78 is 6.69. The molecule has 0 bridgehead atoms. The summed E-state index contributed by atoms with van der Waals surface area (Å²) in [6.45, 7) is 0. The van der Waals surface area contributed by atoms with Gasteiger partial charge < -0.3 is 4.74 Å². The van der Waals surface area contributed by atoms with Crippen LogP contribution >= 0.6 is 0 Å². The van der Waals surface area contributed by atoms with Crippen molar-refractivity contribution in [1.29, 1.82) is 5.26 Å². The molecule has 0 saturated carbocycles. The van der Waals surface area contributed by atoms with Crippen LogP contribution in [0.1, 0.15) is 27.8 Å². The molecule has 0 unspecified atom stereocenters. The highest BCUT2D eigenvalue weighted by Gasteiger charge is 2.51. The molecule has 2 aliphatic rings. The molecule has 12 rings (SSSR count). The number of nitrogens with zero attached hydrogens (tertiary/aromatic N) is 4. The van der Waals surface area contributed by atoms with Crippen molar-refractivity contribution in [2.24, 2.45) is 0 Å². The van der Waals surface area contributed by atoms with Crippen LogP contribution in [0, 0.1) is 11.3 Å². The van der Waals surface area contributed by atoms with E-state index < -0.39 is 5.41 Å². The Hall–Kier alpha value is -8.46. The van der Waals surface area contributed by atoms with Crippen molar-refractivity contribution < 1.29 is 4.74 Å². The third kappa shape index (κ3) is 5.37. The predicted molar refractivity (Wildman–Crippen MR) is 247 cm³/mol. The lowest BCUT2D eigenvalue weighted by Gasteiger charge is -2.39. The maximum atomic E-state index is 9.55. The van der Waals surface area contributed by atoms with Crippen LogP contribution in [-0.4, -0.2) is 15.0 Å². The van der Waals surface area contributed by atoms with Crippen LogP contribution in [0.4, 0.5) is 0 Å². The third-order valence-corrected chi connectivity index (χ3v) is 12.5. The summed E-state index contributed by atoms with van der Waals surface area (Å²) in [4.78, 5) is 15.8. The van der Waals surface area contributed by atoms with Gasteiger partial charge in [0.25, 0.3) is 0 Å². The first-order chi connectivity index (χ1) is 30.7. The Kier molecular flexibility index (Phi) is 8.06. The van der Waals surface area contributed by atoms with E-state index in [0.29, 0.717) is 23.0 Å². The number of para-hydroxylation sites is 2. The molecule has 9 aromatic carbocycles. The van der Waals surface area contributed by atoms with E-state index in [4.69, 9.17) is 19.7 Å². The number of rotatable bonds is 5. The molecule has 0 atom stereocenters. The fourth-order valence-electron chi connectivity index (χ4n) is 9.74. The lowest BCUT2D eigenvalue weighted by atomic mass is 9.66. The molecule has 10 aromatic rings. The van der Waals surface area contributed by atoms with E-state index in [9.17, 15) is 5.26 Å². The summed E-state index contributed by atoms with van der Waals surface area (Å²) in [7, 11) is 0. The minimum atomic E-state index is -0.691. The molecule has 1 aromatic heterocycles. The SMILES string of the molecule is N#Cc1ccc(-c2ccc(-c3cc4c(cc3-c3nc(-c5ccccc5)nc(-c5ccccc5)n3)C3(c5ccccc5Oc5ccccc53)c3ccccc3-4)c3ccccc23)cc1. The van der Waals surface area contributed by atoms with Gasteiger partial charge >= 0.3 is 0 Å². The van der Waals surface area contributed by atoms with Gasteiger partial charge in [0.15, 0.2) is 17.5 Å². The smallest absolute Gasteiger partial charge is 0.164 e.